The van der Waals surface area contributed by atoms with Crippen LogP contribution >= 0.6 is 0 Å². The van der Waals surface area contributed by atoms with Gasteiger partial charge >= 0.3 is 6.03 Å². The van der Waals surface area contributed by atoms with Crippen molar-refractivity contribution >= 4 is 34.9 Å². The molecule has 0 unspecified atom stereocenters. The average molecular weight is 489 g/mol. The van der Waals surface area contributed by atoms with Crippen LogP contribution in [0.2, 0.25) is 0 Å². The second kappa shape index (κ2) is 13.6. The summed E-state index contributed by atoms with van der Waals surface area (Å²) in [6.45, 7) is 7.82. The summed E-state index contributed by atoms with van der Waals surface area (Å²) in [4.78, 5) is 43.3. The molecule has 188 valence electrons. The summed E-state index contributed by atoms with van der Waals surface area (Å²) >= 11 is 0. The van der Waals surface area contributed by atoms with E-state index in [1.165, 1.54) is 0 Å². The van der Waals surface area contributed by atoms with Crippen molar-refractivity contribution in [2.24, 2.45) is 0 Å². The monoisotopic (exact) mass is 488 g/mol. The highest BCUT2D eigenvalue weighted by Crippen LogP contribution is 2.14. The molecule has 0 saturated carbocycles. The van der Waals surface area contributed by atoms with Gasteiger partial charge in [0.25, 0.3) is 11.8 Å². The number of amides is 4. The van der Waals surface area contributed by atoms with Gasteiger partial charge in [0.1, 0.15) is 0 Å². The van der Waals surface area contributed by atoms with E-state index in [0.29, 0.717) is 34.7 Å². The van der Waals surface area contributed by atoms with Crippen molar-refractivity contribution in [3.05, 3.63) is 84.2 Å². The molecule has 1 aromatic heterocycles. The summed E-state index contributed by atoms with van der Waals surface area (Å²) in [6, 6.07) is 16.3. The van der Waals surface area contributed by atoms with Crippen molar-refractivity contribution in [3.8, 4) is 0 Å². The maximum atomic E-state index is 12.6. The second-order valence-corrected chi connectivity index (χ2v) is 8.07. The smallest absolute Gasteiger partial charge is 0.323 e. The Morgan fingerprint density at radius 2 is 1.33 bits per heavy atom. The number of hydrogen-bond donors (Lipinski definition) is 4. The van der Waals surface area contributed by atoms with Crippen molar-refractivity contribution in [1.82, 2.24) is 15.2 Å². The third-order valence-corrected chi connectivity index (χ3v) is 5.56. The van der Waals surface area contributed by atoms with Crippen molar-refractivity contribution in [3.63, 3.8) is 0 Å². The van der Waals surface area contributed by atoms with Gasteiger partial charge in [0.15, 0.2) is 0 Å². The fourth-order valence-electron chi connectivity index (χ4n) is 3.49. The maximum Gasteiger partial charge on any atom is 0.323 e. The van der Waals surface area contributed by atoms with Crippen LogP contribution in [0, 0.1) is 0 Å². The van der Waals surface area contributed by atoms with Crippen molar-refractivity contribution in [1.29, 1.82) is 0 Å². The van der Waals surface area contributed by atoms with Crippen LogP contribution in [0.25, 0.3) is 0 Å². The summed E-state index contributed by atoms with van der Waals surface area (Å²) in [5, 5.41) is 11.1. The quantitative estimate of drug-likeness (QED) is 0.298. The highest BCUT2D eigenvalue weighted by Gasteiger charge is 2.10. The van der Waals surface area contributed by atoms with Crippen LogP contribution in [-0.2, 0) is 0 Å². The predicted molar refractivity (Wildman–Crippen MR) is 142 cm³/mol. The number of rotatable bonds is 11. The Balaban J connectivity index is 1.45. The zero-order valence-corrected chi connectivity index (χ0v) is 20.6. The molecule has 0 saturated heterocycles. The normalized spacial score (nSPS) is 10.5. The van der Waals surface area contributed by atoms with Gasteiger partial charge in [0.05, 0.1) is 11.9 Å². The predicted octanol–water partition coefficient (Wildman–Crippen LogP) is 4.44. The Morgan fingerprint density at radius 1 is 0.750 bits per heavy atom. The first-order valence-corrected chi connectivity index (χ1v) is 12.0. The summed E-state index contributed by atoms with van der Waals surface area (Å²) < 4.78 is 0. The van der Waals surface area contributed by atoms with Crippen LogP contribution < -0.4 is 21.3 Å². The zero-order chi connectivity index (χ0) is 25.8. The SMILES string of the molecule is CCN(CC)CCCNC(=O)c1ccc(NC(=O)c2ccc(NC(=O)Nc3cccnc3)cc2)cc1. The topological polar surface area (TPSA) is 115 Å². The maximum absolute atomic E-state index is 12.6. The number of benzene rings is 2. The Labute approximate surface area is 211 Å². The van der Waals surface area contributed by atoms with E-state index in [0.717, 1.165) is 26.1 Å². The molecule has 9 nitrogen and oxygen atoms in total. The van der Waals surface area contributed by atoms with Gasteiger partial charge in [0, 0.05) is 35.2 Å². The van der Waals surface area contributed by atoms with Gasteiger partial charge in [-0.05, 0) is 86.7 Å². The van der Waals surface area contributed by atoms with Gasteiger partial charge in [0.2, 0.25) is 0 Å². The lowest BCUT2D eigenvalue weighted by atomic mass is 10.1. The van der Waals surface area contributed by atoms with Crippen LogP contribution in [-0.4, -0.2) is 53.9 Å². The van der Waals surface area contributed by atoms with Crippen LogP contribution in [0.3, 0.4) is 0 Å². The van der Waals surface area contributed by atoms with Crippen LogP contribution in [0.1, 0.15) is 41.0 Å². The molecule has 0 bridgehead atoms. The average Bonchev–Trinajstić information content (AvgIpc) is 2.90. The third-order valence-electron chi connectivity index (χ3n) is 5.56. The van der Waals surface area contributed by atoms with Gasteiger partial charge in [-0.15, -0.1) is 0 Å². The molecule has 4 amide bonds. The Hall–Kier alpha value is -4.24. The number of pyridine rings is 1. The van der Waals surface area contributed by atoms with Gasteiger partial charge in [-0.25, -0.2) is 4.79 Å². The number of nitrogens with one attached hydrogen (secondary N) is 4. The first-order chi connectivity index (χ1) is 17.5. The van der Waals surface area contributed by atoms with Crippen molar-refractivity contribution < 1.29 is 14.4 Å². The largest absolute Gasteiger partial charge is 0.352 e. The Bertz CT molecular complexity index is 1130. The molecule has 4 N–H and O–H groups in total. The summed E-state index contributed by atoms with van der Waals surface area (Å²) in [5.41, 5.74) is 2.67. The fourth-order valence-corrected chi connectivity index (χ4v) is 3.49. The van der Waals surface area contributed by atoms with Crippen molar-refractivity contribution in [2.45, 2.75) is 20.3 Å². The molecule has 3 rings (SSSR count). The van der Waals surface area contributed by atoms with Crippen molar-refractivity contribution in [2.75, 3.05) is 42.1 Å². The highest BCUT2D eigenvalue weighted by molar-refractivity contribution is 6.05. The fraction of sp³-hybridized carbons (Fsp3) is 0.259. The molecule has 0 atom stereocenters. The molecule has 0 radical (unpaired) electrons. The molecule has 0 aliphatic carbocycles. The molecule has 2 aromatic carbocycles. The Kier molecular flexibility index (Phi) is 9.96. The zero-order valence-electron chi connectivity index (χ0n) is 20.6. The molecule has 9 heteroatoms. The minimum Gasteiger partial charge on any atom is -0.352 e. The lowest BCUT2D eigenvalue weighted by Gasteiger charge is -2.17. The summed E-state index contributed by atoms with van der Waals surface area (Å²) in [6.07, 6.45) is 4.06. The van der Waals surface area contributed by atoms with E-state index in [9.17, 15) is 14.4 Å². The van der Waals surface area contributed by atoms with Gasteiger partial charge < -0.3 is 26.2 Å². The van der Waals surface area contributed by atoms with Crippen LogP contribution in [0.15, 0.2) is 73.1 Å². The lowest BCUT2D eigenvalue weighted by Crippen LogP contribution is -2.29. The number of hydrogen-bond acceptors (Lipinski definition) is 5. The molecule has 3 aromatic rings. The first-order valence-electron chi connectivity index (χ1n) is 12.0. The van der Waals surface area contributed by atoms with E-state index in [1.807, 2.05) is 0 Å². The van der Waals surface area contributed by atoms with Crippen LogP contribution in [0.5, 0.6) is 0 Å². The number of carbonyl (C=O) groups excluding carboxylic acids is 3. The minimum absolute atomic E-state index is 0.136. The van der Waals surface area contributed by atoms with E-state index in [4.69, 9.17) is 0 Å². The van der Waals surface area contributed by atoms with E-state index >= 15 is 0 Å². The minimum atomic E-state index is -0.409. The van der Waals surface area contributed by atoms with E-state index in [-0.39, 0.29) is 11.8 Å². The van der Waals surface area contributed by atoms with E-state index < -0.39 is 6.03 Å². The highest BCUT2D eigenvalue weighted by atomic mass is 16.2. The number of anilines is 3. The molecule has 0 spiro atoms. The number of nitrogens with zero attached hydrogens (tertiary/aromatic N) is 2. The molecule has 1 heterocycles. The second-order valence-electron chi connectivity index (χ2n) is 8.07. The van der Waals surface area contributed by atoms with Crippen LogP contribution in [0.4, 0.5) is 21.9 Å². The van der Waals surface area contributed by atoms with Gasteiger partial charge in [-0.1, -0.05) is 13.8 Å². The number of urea groups is 1. The Morgan fingerprint density at radius 3 is 1.92 bits per heavy atom. The van der Waals surface area contributed by atoms with Gasteiger partial charge in [-0.2, -0.15) is 0 Å². The molecule has 0 aliphatic rings. The molecular formula is C27H32N6O3. The van der Waals surface area contributed by atoms with Gasteiger partial charge in [-0.3, -0.25) is 14.6 Å². The van der Waals surface area contributed by atoms with E-state index in [2.05, 4.69) is 45.0 Å². The molecule has 36 heavy (non-hydrogen) atoms. The molecule has 0 fully saturated rings. The van der Waals surface area contributed by atoms with E-state index in [1.54, 1.807) is 73.1 Å². The molecule has 0 aliphatic heterocycles. The summed E-state index contributed by atoms with van der Waals surface area (Å²) in [7, 11) is 0. The number of carbonyl (C=O) groups is 3. The molecular weight excluding hydrogens is 456 g/mol. The number of aromatic nitrogens is 1. The summed E-state index contributed by atoms with van der Waals surface area (Å²) in [5.74, 6) is -0.432. The first kappa shape index (κ1) is 26.4. The third kappa shape index (κ3) is 8.21. The lowest BCUT2D eigenvalue weighted by molar-refractivity contribution is 0.0951. The standard InChI is InChI=1S/C27H32N6O3/c1-3-33(4-2)18-6-17-29-25(34)20-8-12-22(13-9-20)30-26(35)21-10-14-23(15-11-21)31-27(36)32-24-7-5-16-28-19-24/h5,7-16,19H,3-4,6,17-18H2,1-2H3,(H,29,34)(H,30,35)(H2,31,32,36).